The molecular formula is C15H14BrClFNO. The molecular weight excluding hydrogens is 345 g/mol. The van der Waals surface area contributed by atoms with Gasteiger partial charge in [0.25, 0.3) is 0 Å². The lowest BCUT2D eigenvalue weighted by Gasteiger charge is -2.23. The Hall–Kier alpha value is -0.940. The Bertz CT molecular complexity index is 608. The Morgan fingerprint density at radius 1 is 1.25 bits per heavy atom. The molecule has 0 heterocycles. The van der Waals surface area contributed by atoms with Crippen molar-refractivity contribution in [1.29, 1.82) is 0 Å². The molecule has 0 saturated carbocycles. The first-order valence-corrected chi connectivity index (χ1v) is 7.28. The molecule has 2 atom stereocenters. The van der Waals surface area contributed by atoms with Crippen LogP contribution in [0.5, 0.6) is 0 Å². The summed E-state index contributed by atoms with van der Waals surface area (Å²) in [5.74, 6) is -0.876. The molecule has 2 nitrogen and oxygen atoms in total. The van der Waals surface area contributed by atoms with Gasteiger partial charge in [-0.1, -0.05) is 39.7 Å². The van der Waals surface area contributed by atoms with Gasteiger partial charge in [-0.15, -0.1) is 0 Å². The molecule has 5 heteroatoms. The second-order valence-electron chi connectivity index (χ2n) is 4.51. The second-order valence-corrected chi connectivity index (χ2v) is 5.86. The molecule has 0 aromatic heterocycles. The van der Waals surface area contributed by atoms with Gasteiger partial charge in [0.15, 0.2) is 0 Å². The predicted octanol–water partition coefficient (Wildman–Crippen LogP) is 4.02. The summed E-state index contributed by atoms with van der Waals surface area (Å²) in [7, 11) is 0. The summed E-state index contributed by atoms with van der Waals surface area (Å²) in [5.41, 5.74) is 6.75. The average molecular weight is 359 g/mol. The Labute approximate surface area is 130 Å². The quantitative estimate of drug-likeness (QED) is 0.867. The smallest absolute Gasteiger partial charge is 0.129 e. The van der Waals surface area contributed by atoms with E-state index in [9.17, 15) is 9.50 Å². The van der Waals surface area contributed by atoms with Crippen LogP contribution >= 0.6 is 27.5 Å². The van der Waals surface area contributed by atoms with Crippen molar-refractivity contribution in [2.24, 2.45) is 5.73 Å². The van der Waals surface area contributed by atoms with E-state index in [1.807, 2.05) is 6.07 Å². The van der Waals surface area contributed by atoms with E-state index in [0.717, 1.165) is 5.56 Å². The minimum absolute atomic E-state index is 0.188. The van der Waals surface area contributed by atoms with Gasteiger partial charge in [0.05, 0.1) is 6.10 Å². The highest BCUT2D eigenvalue weighted by molar-refractivity contribution is 9.10. The highest BCUT2D eigenvalue weighted by Crippen LogP contribution is 2.33. The Kier molecular flexibility index (Phi) is 5.16. The summed E-state index contributed by atoms with van der Waals surface area (Å²) in [6.07, 6.45) is -1.03. The molecule has 0 bridgehead atoms. The van der Waals surface area contributed by atoms with E-state index in [-0.39, 0.29) is 12.1 Å². The van der Waals surface area contributed by atoms with Gasteiger partial charge in [-0.2, -0.15) is 0 Å². The predicted molar refractivity (Wildman–Crippen MR) is 82.3 cm³/mol. The van der Waals surface area contributed by atoms with E-state index < -0.39 is 17.8 Å². The summed E-state index contributed by atoms with van der Waals surface area (Å²) >= 11 is 9.22. The monoisotopic (exact) mass is 357 g/mol. The van der Waals surface area contributed by atoms with Gasteiger partial charge in [0, 0.05) is 27.5 Å². The minimum Gasteiger partial charge on any atom is -0.388 e. The topological polar surface area (TPSA) is 46.2 Å². The number of halogens is 3. The van der Waals surface area contributed by atoms with Crippen LogP contribution in [-0.2, 0) is 0 Å². The van der Waals surface area contributed by atoms with E-state index in [0.29, 0.717) is 9.50 Å². The SMILES string of the molecule is NCC(c1cccc(Cl)c1)C(O)c1cc(Br)ccc1F. The van der Waals surface area contributed by atoms with Crippen LogP contribution in [0.3, 0.4) is 0 Å². The number of aliphatic hydroxyl groups excluding tert-OH is 1. The Morgan fingerprint density at radius 2 is 2.00 bits per heavy atom. The molecule has 0 saturated heterocycles. The molecule has 2 unspecified atom stereocenters. The van der Waals surface area contributed by atoms with Crippen LogP contribution in [0, 0.1) is 5.82 Å². The van der Waals surface area contributed by atoms with E-state index in [2.05, 4.69) is 15.9 Å². The van der Waals surface area contributed by atoms with Crippen LogP contribution in [-0.4, -0.2) is 11.7 Å². The third-order valence-corrected chi connectivity index (χ3v) is 3.92. The molecule has 2 rings (SSSR count). The zero-order valence-corrected chi connectivity index (χ0v) is 12.9. The number of nitrogens with two attached hydrogens (primary N) is 1. The summed E-state index contributed by atoms with van der Waals surface area (Å²) in [5, 5.41) is 11.0. The third kappa shape index (κ3) is 3.38. The molecule has 106 valence electrons. The largest absolute Gasteiger partial charge is 0.388 e. The maximum Gasteiger partial charge on any atom is 0.129 e. The van der Waals surface area contributed by atoms with Crippen molar-refractivity contribution in [3.63, 3.8) is 0 Å². The fraction of sp³-hybridized carbons (Fsp3) is 0.200. The first kappa shape index (κ1) is 15.4. The second kappa shape index (κ2) is 6.68. The molecule has 0 aliphatic rings. The molecule has 20 heavy (non-hydrogen) atoms. The molecule has 3 N–H and O–H groups in total. The highest BCUT2D eigenvalue weighted by Gasteiger charge is 2.24. The lowest BCUT2D eigenvalue weighted by atomic mass is 9.89. The van der Waals surface area contributed by atoms with Crippen molar-refractivity contribution in [1.82, 2.24) is 0 Å². The average Bonchev–Trinajstić information content (AvgIpc) is 2.42. The van der Waals surface area contributed by atoms with E-state index in [4.69, 9.17) is 17.3 Å². The number of hydrogen-bond donors (Lipinski definition) is 2. The Balaban J connectivity index is 2.38. The van der Waals surface area contributed by atoms with E-state index >= 15 is 0 Å². The van der Waals surface area contributed by atoms with Crippen molar-refractivity contribution in [3.05, 3.63) is 68.9 Å². The lowest BCUT2D eigenvalue weighted by molar-refractivity contribution is 0.143. The maximum absolute atomic E-state index is 13.9. The van der Waals surface area contributed by atoms with Gasteiger partial charge in [0.2, 0.25) is 0 Å². The van der Waals surface area contributed by atoms with Crippen molar-refractivity contribution >= 4 is 27.5 Å². The van der Waals surface area contributed by atoms with Gasteiger partial charge in [-0.25, -0.2) is 4.39 Å². The molecule has 2 aromatic carbocycles. The molecule has 0 spiro atoms. The zero-order chi connectivity index (χ0) is 14.7. The lowest BCUT2D eigenvalue weighted by Crippen LogP contribution is -2.21. The van der Waals surface area contributed by atoms with Gasteiger partial charge in [-0.05, 0) is 35.9 Å². The van der Waals surface area contributed by atoms with Crippen LogP contribution < -0.4 is 5.73 Å². The summed E-state index contributed by atoms with van der Waals surface area (Å²) in [6, 6.07) is 11.5. The molecule has 0 radical (unpaired) electrons. The summed E-state index contributed by atoms with van der Waals surface area (Å²) < 4.78 is 14.6. The fourth-order valence-corrected chi connectivity index (χ4v) is 2.72. The van der Waals surface area contributed by atoms with Crippen LogP contribution in [0.25, 0.3) is 0 Å². The van der Waals surface area contributed by atoms with Crippen LogP contribution in [0.2, 0.25) is 5.02 Å². The van der Waals surface area contributed by atoms with Crippen LogP contribution in [0.4, 0.5) is 4.39 Å². The molecule has 0 fully saturated rings. The van der Waals surface area contributed by atoms with Gasteiger partial charge in [0.1, 0.15) is 5.82 Å². The standard InChI is InChI=1S/C15H14BrClFNO/c16-10-4-5-14(18)12(7-10)15(20)13(8-19)9-2-1-3-11(17)6-9/h1-7,13,15,20H,8,19H2. The number of aliphatic hydroxyl groups is 1. The van der Waals surface area contributed by atoms with Crippen molar-refractivity contribution in [2.45, 2.75) is 12.0 Å². The fourth-order valence-electron chi connectivity index (χ4n) is 2.14. The van der Waals surface area contributed by atoms with Crippen LogP contribution in [0.15, 0.2) is 46.9 Å². The first-order chi connectivity index (χ1) is 9.52. The van der Waals surface area contributed by atoms with Crippen molar-refractivity contribution in [3.8, 4) is 0 Å². The Morgan fingerprint density at radius 3 is 2.65 bits per heavy atom. The van der Waals surface area contributed by atoms with E-state index in [1.54, 1.807) is 30.3 Å². The van der Waals surface area contributed by atoms with Crippen molar-refractivity contribution in [2.75, 3.05) is 6.54 Å². The molecule has 2 aromatic rings. The highest BCUT2D eigenvalue weighted by atomic mass is 79.9. The van der Waals surface area contributed by atoms with Gasteiger partial charge in [-0.3, -0.25) is 0 Å². The molecule has 0 aliphatic heterocycles. The van der Waals surface area contributed by atoms with Gasteiger partial charge >= 0.3 is 0 Å². The number of benzene rings is 2. The van der Waals surface area contributed by atoms with E-state index in [1.165, 1.54) is 6.07 Å². The molecule has 0 amide bonds. The van der Waals surface area contributed by atoms with Gasteiger partial charge < -0.3 is 10.8 Å². The number of hydrogen-bond acceptors (Lipinski definition) is 2. The first-order valence-electron chi connectivity index (χ1n) is 6.11. The normalized spacial score (nSPS) is 14.1. The molecule has 0 aliphatic carbocycles. The minimum atomic E-state index is -1.03. The van der Waals surface area contributed by atoms with Crippen LogP contribution in [0.1, 0.15) is 23.1 Å². The van der Waals surface area contributed by atoms with Crippen molar-refractivity contribution < 1.29 is 9.50 Å². The maximum atomic E-state index is 13.9. The number of rotatable bonds is 4. The third-order valence-electron chi connectivity index (χ3n) is 3.19. The zero-order valence-electron chi connectivity index (χ0n) is 10.6. The summed E-state index contributed by atoms with van der Waals surface area (Å²) in [4.78, 5) is 0. The summed E-state index contributed by atoms with van der Waals surface area (Å²) in [6.45, 7) is 0.188.